The Morgan fingerprint density at radius 2 is 1.88 bits per heavy atom. The van der Waals surface area contributed by atoms with Gasteiger partial charge in [-0.05, 0) is 84.7 Å². The number of aromatic nitrogens is 5. The van der Waals surface area contributed by atoms with Gasteiger partial charge in [-0.25, -0.2) is 4.68 Å². The van der Waals surface area contributed by atoms with Crippen LogP contribution in [-0.4, -0.2) is 36.6 Å². The molecule has 7 heteroatoms. The van der Waals surface area contributed by atoms with Crippen LogP contribution in [0.2, 0.25) is 0 Å². The zero-order valence-corrected chi connectivity index (χ0v) is 20.6. The predicted molar refractivity (Wildman–Crippen MR) is 134 cm³/mol. The van der Waals surface area contributed by atoms with E-state index < -0.39 is 0 Å². The average molecular weight is 457 g/mol. The fraction of sp³-hybridized carbons (Fsp3) is 0.407. The van der Waals surface area contributed by atoms with Crippen molar-refractivity contribution >= 4 is 10.9 Å². The predicted octanol–water partition coefficient (Wildman–Crippen LogP) is 4.42. The third kappa shape index (κ3) is 3.74. The molecule has 0 unspecified atom stereocenters. The van der Waals surface area contributed by atoms with Gasteiger partial charge in [-0.1, -0.05) is 43.3 Å². The van der Waals surface area contributed by atoms with Crippen LogP contribution in [0.5, 0.6) is 0 Å². The summed E-state index contributed by atoms with van der Waals surface area (Å²) in [6.07, 6.45) is 1.79. The Morgan fingerprint density at radius 3 is 2.65 bits per heavy atom. The van der Waals surface area contributed by atoms with Gasteiger partial charge in [0.25, 0.3) is 5.56 Å². The highest BCUT2D eigenvalue weighted by atomic mass is 16.1. The topological polar surface area (TPSA) is 79.7 Å². The zero-order chi connectivity index (χ0) is 24.0. The largest absolute Gasteiger partial charge is 0.321 e. The summed E-state index contributed by atoms with van der Waals surface area (Å²) in [7, 11) is 0. The van der Waals surface area contributed by atoms with Crippen LogP contribution in [-0.2, 0) is 18.5 Å². The van der Waals surface area contributed by atoms with Crippen LogP contribution in [0.25, 0.3) is 10.9 Å². The number of fused-ring (bicyclic) bond motifs is 2. The molecule has 7 nitrogen and oxygen atoms in total. The average Bonchev–Trinajstić information content (AvgIpc) is 3.33. The Hall–Kier alpha value is -3.32. The number of aromatic amines is 1. The lowest BCUT2D eigenvalue weighted by Gasteiger charge is -2.36. The summed E-state index contributed by atoms with van der Waals surface area (Å²) in [5.41, 5.74) is 6.12. The van der Waals surface area contributed by atoms with Crippen LogP contribution >= 0.6 is 0 Å². The van der Waals surface area contributed by atoms with E-state index in [0.717, 1.165) is 48.0 Å². The first-order chi connectivity index (χ1) is 16.3. The highest BCUT2D eigenvalue weighted by molar-refractivity contribution is 5.83. The molecule has 0 bridgehead atoms. The molecule has 0 amide bonds. The fourth-order valence-electron chi connectivity index (χ4n) is 4.93. The Bertz CT molecular complexity index is 1420. The molecule has 0 fully saturated rings. The molecule has 3 heterocycles. The van der Waals surface area contributed by atoms with Crippen LogP contribution in [0.15, 0.2) is 47.3 Å². The molecular weight excluding hydrogens is 424 g/mol. The van der Waals surface area contributed by atoms with Crippen molar-refractivity contribution in [3.8, 4) is 0 Å². The van der Waals surface area contributed by atoms with E-state index >= 15 is 0 Å². The molecule has 0 spiro atoms. The van der Waals surface area contributed by atoms with E-state index in [1.807, 2.05) is 10.7 Å². The Labute approximate surface area is 199 Å². The second-order valence-electron chi connectivity index (χ2n) is 10.0. The van der Waals surface area contributed by atoms with E-state index in [2.05, 4.69) is 96.4 Å². The molecular formula is C27H32N6O. The number of rotatable bonds is 5. The third-order valence-corrected chi connectivity index (χ3v) is 7.58. The quantitative estimate of drug-likeness (QED) is 0.481. The highest BCUT2D eigenvalue weighted by Gasteiger charge is 2.35. The van der Waals surface area contributed by atoms with E-state index in [1.165, 1.54) is 11.1 Å². The van der Waals surface area contributed by atoms with Crippen molar-refractivity contribution in [3.63, 3.8) is 0 Å². The number of hydrogen-bond acceptors (Lipinski definition) is 5. The minimum absolute atomic E-state index is 0.0890. The first-order valence-corrected chi connectivity index (χ1v) is 12.0. The Kier molecular flexibility index (Phi) is 5.60. The van der Waals surface area contributed by atoms with Crippen molar-refractivity contribution in [1.29, 1.82) is 0 Å². The number of tetrazole rings is 1. The molecule has 0 saturated heterocycles. The SMILES string of the molecule is CCC(C)(C)n1nnnc1[C@H](c1cc2ccc(C)c(C)c2[nH]c1=O)N1CCc2ccccc2C1. The number of hydrogen-bond donors (Lipinski definition) is 1. The van der Waals surface area contributed by atoms with Gasteiger partial charge >= 0.3 is 0 Å². The van der Waals surface area contributed by atoms with Crippen molar-refractivity contribution < 1.29 is 0 Å². The summed E-state index contributed by atoms with van der Waals surface area (Å²) in [5, 5.41) is 14.0. The van der Waals surface area contributed by atoms with Gasteiger partial charge in [-0.2, -0.15) is 0 Å². The number of pyridine rings is 1. The molecule has 1 aliphatic rings. The van der Waals surface area contributed by atoms with Crippen molar-refractivity contribution in [3.05, 3.63) is 86.5 Å². The minimum Gasteiger partial charge on any atom is -0.321 e. The van der Waals surface area contributed by atoms with E-state index in [9.17, 15) is 4.79 Å². The van der Waals surface area contributed by atoms with Gasteiger partial charge in [-0.3, -0.25) is 9.69 Å². The summed E-state index contributed by atoms with van der Waals surface area (Å²) < 4.78 is 1.90. The van der Waals surface area contributed by atoms with Crippen LogP contribution in [0.3, 0.4) is 0 Å². The van der Waals surface area contributed by atoms with Gasteiger partial charge in [0.15, 0.2) is 5.82 Å². The lowest BCUT2D eigenvalue weighted by Crippen LogP contribution is -2.40. The molecule has 0 saturated carbocycles. The van der Waals surface area contributed by atoms with Crippen molar-refractivity contribution in [2.75, 3.05) is 6.54 Å². The van der Waals surface area contributed by atoms with E-state index in [0.29, 0.717) is 11.4 Å². The smallest absolute Gasteiger partial charge is 0.253 e. The maximum Gasteiger partial charge on any atom is 0.253 e. The molecule has 1 atom stereocenters. The maximum absolute atomic E-state index is 13.6. The van der Waals surface area contributed by atoms with Crippen LogP contribution in [0.4, 0.5) is 0 Å². The second-order valence-corrected chi connectivity index (χ2v) is 10.0. The molecule has 2 aromatic carbocycles. The molecule has 5 rings (SSSR count). The van der Waals surface area contributed by atoms with Crippen LogP contribution < -0.4 is 5.56 Å². The molecule has 176 valence electrons. The Morgan fingerprint density at radius 1 is 1.12 bits per heavy atom. The molecule has 2 aromatic heterocycles. The number of H-pyrrole nitrogens is 1. The lowest BCUT2D eigenvalue weighted by atomic mass is 9.94. The molecule has 0 aliphatic carbocycles. The lowest BCUT2D eigenvalue weighted by molar-refractivity contribution is 0.181. The molecule has 34 heavy (non-hydrogen) atoms. The van der Waals surface area contributed by atoms with Gasteiger partial charge < -0.3 is 4.98 Å². The van der Waals surface area contributed by atoms with Gasteiger partial charge in [0, 0.05) is 18.7 Å². The first kappa shape index (κ1) is 22.5. The fourth-order valence-corrected chi connectivity index (χ4v) is 4.93. The highest BCUT2D eigenvalue weighted by Crippen LogP contribution is 2.34. The second kappa shape index (κ2) is 8.47. The summed E-state index contributed by atoms with van der Waals surface area (Å²) >= 11 is 0. The molecule has 1 aliphatic heterocycles. The first-order valence-electron chi connectivity index (χ1n) is 12.0. The van der Waals surface area contributed by atoms with E-state index in [4.69, 9.17) is 0 Å². The standard InChI is InChI=1S/C27H32N6O/c1-6-27(4,5)33-25(29-30-31-33)24(32-14-13-19-9-7-8-10-21(19)16-32)22-15-20-12-11-17(2)18(3)23(20)28-26(22)34/h7-12,15,24H,6,13-14,16H2,1-5H3,(H,28,34)/t24-/m0/s1. The molecule has 4 aromatic rings. The number of benzene rings is 2. The summed E-state index contributed by atoms with van der Waals surface area (Å²) in [6, 6.07) is 14.4. The van der Waals surface area contributed by atoms with Crippen molar-refractivity contribution in [1.82, 2.24) is 30.1 Å². The molecule has 0 radical (unpaired) electrons. The minimum atomic E-state index is -0.357. The summed E-state index contributed by atoms with van der Waals surface area (Å²) in [6.45, 7) is 12.1. The van der Waals surface area contributed by atoms with Gasteiger partial charge in [0.2, 0.25) is 0 Å². The van der Waals surface area contributed by atoms with Crippen LogP contribution in [0.1, 0.15) is 66.9 Å². The van der Waals surface area contributed by atoms with Crippen molar-refractivity contribution in [2.24, 2.45) is 0 Å². The zero-order valence-electron chi connectivity index (χ0n) is 20.6. The van der Waals surface area contributed by atoms with Crippen molar-refractivity contribution in [2.45, 2.75) is 65.6 Å². The monoisotopic (exact) mass is 456 g/mol. The number of nitrogens with zero attached hydrogens (tertiary/aromatic N) is 5. The Balaban J connectivity index is 1.71. The number of aryl methyl sites for hydroxylation is 2. The van der Waals surface area contributed by atoms with E-state index in [1.54, 1.807) is 0 Å². The van der Waals surface area contributed by atoms with Gasteiger partial charge in [0.05, 0.1) is 11.1 Å². The third-order valence-electron chi connectivity index (χ3n) is 7.58. The summed E-state index contributed by atoms with van der Waals surface area (Å²) in [5.74, 6) is 0.708. The van der Waals surface area contributed by atoms with Gasteiger partial charge in [0.1, 0.15) is 6.04 Å². The van der Waals surface area contributed by atoms with Gasteiger partial charge in [-0.15, -0.1) is 5.10 Å². The maximum atomic E-state index is 13.6. The number of nitrogens with one attached hydrogen (secondary N) is 1. The normalized spacial score (nSPS) is 15.4. The van der Waals surface area contributed by atoms with E-state index in [-0.39, 0.29) is 17.1 Å². The van der Waals surface area contributed by atoms with Crippen LogP contribution in [0, 0.1) is 13.8 Å². The summed E-state index contributed by atoms with van der Waals surface area (Å²) in [4.78, 5) is 19.1. The molecule has 1 N–H and O–H groups in total.